The van der Waals surface area contributed by atoms with Gasteiger partial charge in [-0.15, -0.1) is 0 Å². The molecule has 1 aliphatic heterocycles. The molecule has 3 aromatic carbocycles. The van der Waals surface area contributed by atoms with Gasteiger partial charge in [-0.05, 0) is 71.8 Å². The van der Waals surface area contributed by atoms with Gasteiger partial charge in [0.25, 0.3) is 11.8 Å². The van der Waals surface area contributed by atoms with E-state index in [1.807, 2.05) is 12.1 Å². The number of carbonyl (C=O) groups is 2. The normalized spacial score (nSPS) is 14.0. The van der Waals surface area contributed by atoms with Gasteiger partial charge in [-0.3, -0.25) is 9.59 Å². The number of benzene rings is 3. The number of hydrogen-bond acceptors (Lipinski definition) is 3. The molecule has 230 valence electrons. The molecule has 0 unspecified atom stereocenters. The summed E-state index contributed by atoms with van der Waals surface area (Å²) in [6, 6.07) is 21.3. The highest BCUT2D eigenvalue weighted by Gasteiger charge is 2.30. The van der Waals surface area contributed by atoms with Gasteiger partial charge in [0.05, 0.1) is 11.3 Å². The maximum absolute atomic E-state index is 13.2. The molecule has 0 aliphatic carbocycles. The molecule has 9 heteroatoms. The van der Waals surface area contributed by atoms with Crippen LogP contribution in [0.2, 0.25) is 0 Å². The highest BCUT2D eigenvalue weighted by molar-refractivity contribution is 6.09. The van der Waals surface area contributed by atoms with Crippen LogP contribution in [0.15, 0.2) is 85.1 Å². The number of aryl methyl sites for hydroxylation is 1. The number of nitrogens with one attached hydrogen (secondary N) is 2. The number of anilines is 2. The molecule has 0 spiro atoms. The van der Waals surface area contributed by atoms with E-state index in [0.717, 1.165) is 36.7 Å². The SMILES string of the molecule is CCCC1CCN(c2ccc(CNC(=O)c3cc(NC(=O)c4ccccc4-c4ccc(C(F)(F)F)cc4)cn3C)cc2)CC1. The molecule has 5 rings (SSSR count). The Morgan fingerprint density at radius 3 is 2.25 bits per heavy atom. The summed E-state index contributed by atoms with van der Waals surface area (Å²) in [5.41, 5.74) is 3.54. The van der Waals surface area contributed by atoms with Gasteiger partial charge in [0, 0.05) is 44.1 Å². The van der Waals surface area contributed by atoms with Crippen LogP contribution in [0.3, 0.4) is 0 Å². The minimum atomic E-state index is -4.44. The number of halogens is 3. The van der Waals surface area contributed by atoms with E-state index in [2.05, 4.69) is 34.6 Å². The molecule has 0 atom stereocenters. The molecule has 44 heavy (non-hydrogen) atoms. The predicted molar refractivity (Wildman–Crippen MR) is 168 cm³/mol. The quantitative estimate of drug-likeness (QED) is 0.205. The average molecular weight is 603 g/mol. The van der Waals surface area contributed by atoms with Crippen LogP contribution in [-0.2, 0) is 19.8 Å². The van der Waals surface area contributed by atoms with Crippen LogP contribution < -0.4 is 15.5 Å². The van der Waals surface area contributed by atoms with Gasteiger partial charge in [0.15, 0.2) is 0 Å². The number of carbonyl (C=O) groups excluding carboxylic acids is 2. The van der Waals surface area contributed by atoms with Crippen LogP contribution in [0, 0.1) is 5.92 Å². The molecule has 2 N–H and O–H groups in total. The van der Waals surface area contributed by atoms with Crippen LogP contribution in [0.25, 0.3) is 11.1 Å². The van der Waals surface area contributed by atoms with Gasteiger partial charge >= 0.3 is 6.18 Å². The third-order valence-electron chi connectivity index (χ3n) is 8.26. The summed E-state index contributed by atoms with van der Waals surface area (Å²) in [5, 5.41) is 5.77. The molecule has 2 amide bonds. The highest BCUT2D eigenvalue weighted by Crippen LogP contribution is 2.32. The Bertz CT molecular complexity index is 1590. The largest absolute Gasteiger partial charge is 0.416 e. The lowest BCUT2D eigenvalue weighted by molar-refractivity contribution is -0.137. The minimum absolute atomic E-state index is 0.278. The van der Waals surface area contributed by atoms with Crippen molar-refractivity contribution in [3.8, 4) is 11.1 Å². The number of alkyl halides is 3. The van der Waals surface area contributed by atoms with Crippen molar-refractivity contribution in [2.75, 3.05) is 23.3 Å². The molecule has 2 heterocycles. The molecular formula is C35H37F3N4O2. The van der Waals surface area contributed by atoms with Crippen LogP contribution >= 0.6 is 0 Å². The number of hydrogen-bond donors (Lipinski definition) is 2. The van der Waals surface area contributed by atoms with Gasteiger partial charge in [0.2, 0.25) is 0 Å². The zero-order valence-corrected chi connectivity index (χ0v) is 25.0. The summed E-state index contributed by atoms with van der Waals surface area (Å²) in [6.07, 6.45) is 2.22. The summed E-state index contributed by atoms with van der Waals surface area (Å²) < 4.78 is 40.7. The lowest BCUT2D eigenvalue weighted by Crippen LogP contribution is -2.33. The number of piperidine rings is 1. The first-order valence-corrected chi connectivity index (χ1v) is 15.0. The number of aromatic nitrogens is 1. The third kappa shape index (κ3) is 7.33. The second-order valence-electron chi connectivity index (χ2n) is 11.4. The third-order valence-corrected chi connectivity index (χ3v) is 8.26. The topological polar surface area (TPSA) is 66.4 Å². The molecule has 1 aliphatic rings. The number of nitrogens with zero attached hydrogens (tertiary/aromatic N) is 2. The predicted octanol–water partition coefficient (Wildman–Crippen LogP) is 7.91. The second-order valence-corrected chi connectivity index (χ2v) is 11.4. The van der Waals surface area contributed by atoms with Gasteiger partial charge in [-0.2, -0.15) is 13.2 Å². The molecule has 1 aromatic heterocycles. The Morgan fingerprint density at radius 2 is 1.59 bits per heavy atom. The van der Waals surface area contributed by atoms with Crippen molar-refractivity contribution in [2.24, 2.45) is 13.0 Å². The van der Waals surface area contributed by atoms with Crippen molar-refractivity contribution in [3.05, 3.63) is 107 Å². The van der Waals surface area contributed by atoms with Crippen LogP contribution in [0.1, 0.15) is 64.6 Å². The van der Waals surface area contributed by atoms with Gasteiger partial charge in [-0.25, -0.2) is 0 Å². The van der Waals surface area contributed by atoms with Crippen molar-refractivity contribution in [1.29, 1.82) is 0 Å². The van der Waals surface area contributed by atoms with E-state index in [1.54, 1.807) is 48.1 Å². The Hall–Kier alpha value is -4.53. The molecule has 4 aromatic rings. The van der Waals surface area contributed by atoms with E-state index in [-0.39, 0.29) is 5.91 Å². The highest BCUT2D eigenvalue weighted by atomic mass is 19.4. The second kappa shape index (κ2) is 13.4. The van der Waals surface area contributed by atoms with E-state index in [4.69, 9.17) is 0 Å². The van der Waals surface area contributed by atoms with Crippen LogP contribution in [0.4, 0.5) is 24.5 Å². The monoisotopic (exact) mass is 602 g/mol. The maximum atomic E-state index is 13.2. The lowest BCUT2D eigenvalue weighted by Gasteiger charge is -2.33. The van der Waals surface area contributed by atoms with Crippen molar-refractivity contribution in [2.45, 2.75) is 45.3 Å². The van der Waals surface area contributed by atoms with Gasteiger partial charge in [-0.1, -0.05) is 62.2 Å². The average Bonchev–Trinajstić information content (AvgIpc) is 3.40. The standard InChI is InChI=1S/C35H37F3N4O2/c1-3-6-24-17-19-42(20-18-24)29-15-9-25(10-16-29)22-39-34(44)32-21-28(23-41(32)2)40-33(43)31-8-5-4-7-30(31)26-11-13-27(14-12-26)35(36,37)38/h4-5,7-16,21,23-24H,3,6,17-20,22H2,1-2H3,(H,39,44)(H,40,43). The Balaban J connectivity index is 1.19. The van der Waals surface area contributed by atoms with Gasteiger partial charge < -0.3 is 20.1 Å². The number of amides is 2. The summed E-state index contributed by atoms with van der Waals surface area (Å²) in [7, 11) is 1.72. The summed E-state index contributed by atoms with van der Waals surface area (Å²) in [6.45, 7) is 4.77. The zero-order valence-electron chi connectivity index (χ0n) is 25.0. The first-order chi connectivity index (χ1) is 21.1. The van der Waals surface area contributed by atoms with E-state index in [1.165, 1.54) is 43.5 Å². The van der Waals surface area contributed by atoms with E-state index in [9.17, 15) is 22.8 Å². The Morgan fingerprint density at radius 1 is 0.909 bits per heavy atom. The lowest BCUT2D eigenvalue weighted by atomic mass is 9.92. The fourth-order valence-electron chi connectivity index (χ4n) is 5.81. The van der Waals surface area contributed by atoms with Crippen molar-refractivity contribution < 1.29 is 22.8 Å². The van der Waals surface area contributed by atoms with Crippen molar-refractivity contribution in [3.63, 3.8) is 0 Å². The van der Waals surface area contributed by atoms with Crippen LogP contribution in [0.5, 0.6) is 0 Å². The summed E-state index contributed by atoms with van der Waals surface area (Å²) in [4.78, 5) is 28.7. The van der Waals surface area contributed by atoms with Crippen molar-refractivity contribution in [1.82, 2.24) is 9.88 Å². The fraction of sp³-hybridized carbons (Fsp3) is 0.314. The zero-order chi connectivity index (χ0) is 31.3. The molecule has 0 bridgehead atoms. The summed E-state index contributed by atoms with van der Waals surface area (Å²) in [5.74, 6) is 0.119. The van der Waals surface area contributed by atoms with E-state index in [0.29, 0.717) is 34.6 Å². The van der Waals surface area contributed by atoms with E-state index < -0.39 is 17.6 Å². The molecule has 0 radical (unpaired) electrons. The van der Waals surface area contributed by atoms with Gasteiger partial charge in [0.1, 0.15) is 5.69 Å². The Kier molecular flexibility index (Phi) is 9.42. The smallest absolute Gasteiger partial charge is 0.372 e. The molecule has 1 fully saturated rings. The van der Waals surface area contributed by atoms with Crippen molar-refractivity contribution >= 4 is 23.2 Å². The Labute approximate surface area is 255 Å². The van der Waals surface area contributed by atoms with Crippen LogP contribution in [-0.4, -0.2) is 29.5 Å². The molecule has 1 saturated heterocycles. The minimum Gasteiger partial charge on any atom is -0.372 e. The van der Waals surface area contributed by atoms with E-state index >= 15 is 0 Å². The molecular weight excluding hydrogens is 565 g/mol. The first-order valence-electron chi connectivity index (χ1n) is 15.0. The molecule has 6 nitrogen and oxygen atoms in total. The molecule has 0 saturated carbocycles. The summed E-state index contributed by atoms with van der Waals surface area (Å²) >= 11 is 0. The fourth-order valence-corrected chi connectivity index (χ4v) is 5.81. The first kappa shape index (κ1) is 30.9. The number of rotatable bonds is 9. The maximum Gasteiger partial charge on any atom is 0.416 e.